The lowest BCUT2D eigenvalue weighted by Crippen LogP contribution is -2.21. The molecule has 0 aromatic heterocycles. The Morgan fingerprint density at radius 1 is 1.50 bits per heavy atom. The highest BCUT2D eigenvalue weighted by atomic mass is 32.2. The molecule has 0 fully saturated rings. The molecule has 1 rings (SSSR count). The Morgan fingerprint density at radius 3 is 2.00 bits per heavy atom. The highest BCUT2D eigenvalue weighted by Crippen LogP contribution is 2.20. The molecule has 0 spiro atoms. The van der Waals surface area contributed by atoms with Gasteiger partial charge in [-0.3, -0.25) is 9.55 Å². The molecule has 9 heteroatoms. The zero-order valence-electron chi connectivity index (χ0n) is 7.08. The normalized spacial score (nSPS) is 16.5. The van der Waals surface area contributed by atoms with Crippen LogP contribution in [0.5, 0.6) is 0 Å². The van der Waals surface area contributed by atoms with E-state index in [1.54, 1.807) is 0 Å². The summed E-state index contributed by atoms with van der Waals surface area (Å²) in [4.78, 5) is 3.93. The van der Waals surface area contributed by atoms with Crippen molar-refractivity contribution >= 4 is 16.0 Å². The first-order valence-corrected chi connectivity index (χ1v) is 4.76. The molecular formula is C5H8F3NO4S. The van der Waals surface area contributed by atoms with Gasteiger partial charge in [0.2, 0.25) is 0 Å². The van der Waals surface area contributed by atoms with Gasteiger partial charge in [0, 0.05) is 6.92 Å². The van der Waals surface area contributed by atoms with Gasteiger partial charge in [-0.25, -0.2) is 0 Å². The lowest BCUT2D eigenvalue weighted by Gasteiger charge is -1.97. The molecular weight excluding hydrogens is 227 g/mol. The van der Waals surface area contributed by atoms with E-state index in [2.05, 4.69) is 4.99 Å². The minimum absolute atomic E-state index is 0.784. The van der Waals surface area contributed by atoms with Crippen molar-refractivity contribution in [3.05, 3.63) is 0 Å². The minimum atomic E-state index is -5.84. The molecule has 0 atom stereocenters. The molecule has 1 N–H and O–H groups in total. The number of hydrogen-bond donors (Lipinski definition) is 1. The van der Waals surface area contributed by atoms with Gasteiger partial charge in [-0.05, 0) is 0 Å². The van der Waals surface area contributed by atoms with E-state index < -0.39 is 15.6 Å². The van der Waals surface area contributed by atoms with Crippen LogP contribution in [0.1, 0.15) is 6.92 Å². The van der Waals surface area contributed by atoms with E-state index in [1.807, 2.05) is 6.92 Å². The molecule has 0 bridgehead atoms. The molecule has 0 aromatic carbocycles. The highest BCUT2D eigenvalue weighted by Gasteiger charge is 2.44. The summed E-state index contributed by atoms with van der Waals surface area (Å²) in [6, 6.07) is 0. The molecule has 1 heterocycles. The van der Waals surface area contributed by atoms with Crippen molar-refractivity contribution in [3.63, 3.8) is 0 Å². The molecule has 0 aromatic rings. The van der Waals surface area contributed by atoms with E-state index in [0.29, 0.717) is 0 Å². The highest BCUT2D eigenvalue weighted by molar-refractivity contribution is 7.86. The summed E-state index contributed by atoms with van der Waals surface area (Å²) in [5, 5.41) is 0. The number of nitrogens with zero attached hydrogens (tertiary/aromatic N) is 1. The molecule has 0 radical (unpaired) electrons. The molecule has 1 aliphatic heterocycles. The molecule has 0 unspecified atom stereocenters. The van der Waals surface area contributed by atoms with Gasteiger partial charge in [0.05, 0.1) is 6.54 Å². The van der Waals surface area contributed by atoms with Crippen molar-refractivity contribution in [3.8, 4) is 0 Å². The smallest absolute Gasteiger partial charge is 0.479 e. The Kier molecular flexibility index (Phi) is 4.33. The first kappa shape index (κ1) is 13.2. The van der Waals surface area contributed by atoms with Crippen LogP contribution in [0.4, 0.5) is 13.2 Å². The predicted octanol–water partition coefficient (Wildman–Crippen LogP) is 0.829. The van der Waals surface area contributed by atoms with Gasteiger partial charge in [0.15, 0.2) is 5.90 Å². The third-order valence-electron chi connectivity index (χ3n) is 1.03. The molecule has 84 valence electrons. The number of alkyl halides is 3. The van der Waals surface area contributed by atoms with Gasteiger partial charge in [0.1, 0.15) is 6.61 Å². The van der Waals surface area contributed by atoms with Crippen molar-refractivity contribution in [2.75, 3.05) is 13.2 Å². The quantitative estimate of drug-likeness (QED) is 0.498. The molecule has 1 aliphatic rings. The van der Waals surface area contributed by atoms with E-state index in [1.165, 1.54) is 0 Å². The fourth-order valence-electron chi connectivity index (χ4n) is 0.442. The summed E-state index contributed by atoms with van der Waals surface area (Å²) in [5.74, 6) is 0.829. The fraction of sp³-hybridized carbons (Fsp3) is 0.800. The van der Waals surface area contributed by atoms with E-state index in [4.69, 9.17) is 17.7 Å². The number of ether oxygens (including phenoxy) is 1. The SMILES string of the molecule is CC1=NCCO1.O=S(=O)(O)C(F)(F)F. The molecule has 0 saturated heterocycles. The third-order valence-corrected chi connectivity index (χ3v) is 1.61. The maximum atomic E-state index is 10.7. The van der Waals surface area contributed by atoms with Crippen LogP contribution in [0, 0.1) is 0 Å². The predicted molar refractivity (Wildman–Crippen MR) is 41.5 cm³/mol. The number of aliphatic imine (C=N–C) groups is 1. The van der Waals surface area contributed by atoms with Crippen molar-refractivity contribution in [2.24, 2.45) is 4.99 Å². The summed E-state index contributed by atoms with van der Waals surface area (Å²) < 4.78 is 62.4. The van der Waals surface area contributed by atoms with Gasteiger partial charge in [0.25, 0.3) is 0 Å². The summed E-state index contributed by atoms with van der Waals surface area (Å²) in [6.45, 7) is 3.50. The van der Waals surface area contributed by atoms with Crippen molar-refractivity contribution in [2.45, 2.75) is 12.4 Å². The average molecular weight is 235 g/mol. The number of halogens is 3. The van der Waals surface area contributed by atoms with Crippen molar-refractivity contribution in [1.82, 2.24) is 0 Å². The van der Waals surface area contributed by atoms with Gasteiger partial charge < -0.3 is 4.74 Å². The first-order valence-electron chi connectivity index (χ1n) is 3.32. The van der Waals surface area contributed by atoms with Crippen LogP contribution in [0.3, 0.4) is 0 Å². The second kappa shape index (κ2) is 4.60. The Hall–Kier alpha value is -0.830. The molecule has 5 nitrogen and oxygen atoms in total. The Morgan fingerprint density at radius 2 is 1.93 bits per heavy atom. The standard InChI is InChI=1S/C4H7NO.CHF3O3S/c1-4-5-2-3-6-4;2-1(3,4)8(5,6)7/h2-3H2,1H3;(H,5,6,7). The minimum Gasteiger partial charge on any atom is -0.479 e. The third kappa shape index (κ3) is 5.02. The van der Waals surface area contributed by atoms with Crippen LogP contribution in [0.15, 0.2) is 4.99 Å². The Balaban J connectivity index is 0.000000249. The fourth-order valence-corrected chi connectivity index (χ4v) is 0.442. The lowest BCUT2D eigenvalue weighted by atomic mass is 10.8. The van der Waals surface area contributed by atoms with Crippen molar-refractivity contribution in [1.29, 1.82) is 0 Å². The van der Waals surface area contributed by atoms with Crippen LogP contribution in [-0.4, -0.2) is 37.5 Å². The van der Waals surface area contributed by atoms with Gasteiger partial charge in [-0.1, -0.05) is 0 Å². The summed E-state index contributed by atoms with van der Waals surface area (Å²) in [6.07, 6.45) is 0. The van der Waals surface area contributed by atoms with E-state index in [-0.39, 0.29) is 0 Å². The van der Waals surface area contributed by atoms with Crippen LogP contribution in [0.25, 0.3) is 0 Å². The number of rotatable bonds is 0. The van der Waals surface area contributed by atoms with E-state index in [9.17, 15) is 13.2 Å². The molecule has 0 aliphatic carbocycles. The molecule has 14 heavy (non-hydrogen) atoms. The maximum absolute atomic E-state index is 10.7. The second-order valence-corrected chi connectivity index (χ2v) is 3.58. The van der Waals surface area contributed by atoms with Gasteiger partial charge in [-0.2, -0.15) is 21.6 Å². The number of hydrogen-bond acceptors (Lipinski definition) is 4. The van der Waals surface area contributed by atoms with Gasteiger partial charge >= 0.3 is 15.6 Å². The summed E-state index contributed by atoms with van der Waals surface area (Å²) >= 11 is 0. The van der Waals surface area contributed by atoms with Crippen LogP contribution >= 0.6 is 0 Å². The van der Waals surface area contributed by atoms with Crippen molar-refractivity contribution < 1.29 is 30.9 Å². The van der Waals surface area contributed by atoms with E-state index in [0.717, 1.165) is 19.0 Å². The largest absolute Gasteiger partial charge is 0.522 e. The lowest BCUT2D eigenvalue weighted by molar-refractivity contribution is -0.0510. The molecule has 0 saturated carbocycles. The Bertz CT molecular complexity index is 307. The summed E-state index contributed by atoms with van der Waals surface area (Å²) in [5.41, 5.74) is -5.53. The molecule has 0 amide bonds. The van der Waals surface area contributed by atoms with Crippen LogP contribution < -0.4 is 0 Å². The zero-order chi connectivity index (χ0) is 11.4. The average Bonchev–Trinajstić information content (AvgIpc) is 2.35. The maximum Gasteiger partial charge on any atom is 0.522 e. The zero-order valence-corrected chi connectivity index (χ0v) is 7.89. The second-order valence-electron chi connectivity index (χ2n) is 2.17. The van der Waals surface area contributed by atoms with Crippen LogP contribution in [-0.2, 0) is 14.9 Å². The Labute approximate surface area is 78.3 Å². The summed E-state index contributed by atoms with van der Waals surface area (Å²) in [7, 11) is -5.84. The van der Waals surface area contributed by atoms with E-state index >= 15 is 0 Å². The topological polar surface area (TPSA) is 76.0 Å². The van der Waals surface area contributed by atoms with Crippen LogP contribution in [0.2, 0.25) is 0 Å². The monoisotopic (exact) mass is 235 g/mol. The first-order chi connectivity index (χ1) is 6.14. The van der Waals surface area contributed by atoms with Gasteiger partial charge in [-0.15, -0.1) is 0 Å².